The van der Waals surface area contributed by atoms with E-state index in [1.54, 1.807) is 12.1 Å². The van der Waals surface area contributed by atoms with Gasteiger partial charge in [0.05, 0.1) is 11.1 Å². The van der Waals surface area contributed by atoms with Crippen LogP contribution in [-0.4, -0.2) is 33.0 Å². The molecule has 0 spiro atoms. The van der Waals surface area contributed by atoms with Gasteiger partial charge < -0.3 is 4.84 Å². The van der Waals surface area contributed by atoms with Crippen molar-refractivity contribution in [1.82, 2.24) is 15.3 Å². The predicted octanol–water partition coefficient (Wildman–Crippen LogP) is 2.05. The topological polar surface area (TPSA) is 92.4 Å². The molecular weight excluding hydrogens is 310 g/mol. The summed E-state index contributed by atoms with van der Waals surface area (Å²) in [6, 6.07) is 6.37. The molecule has 0 fully saturated rings. The van der Waals surface area contributed by atoms with Gasteiger partial charge in [0.1, 0.15) is 0 Å². The number of hydroxylamine groups is 2. The number of H-pyrrole nitrogens is 1. The van der Waals surface area contributed by atoms with Crippen molar-refractivity contribution in [1.29, 1.82) is 0 Å². The second kappa shape index (κ2) is 5.59. The van der Waals surface area contributed by atoms with Crippen LogP contribution in [0.5, 0.6) is 0 Å². The molecule has 0 radical (unpaired) electrons. The molecule has 24 heavy (non-hydrogen) atoms. The van der Waals surface area contributed by atoms with Crippen LogP contribution in [0.3, 0.4) is 0 Å². The van der Waals surface area contributed by atoms with Gasteiger partial charge in [-0.3, -0.25) is 14.7 Å². The minimum Gasteiger partial charge on any atom is -0.322 e. The van der Waals surface area contributed by atoms with Crippen molar-refractivity contribution >= 4 is 17.8 Å². The highest BCUT2D eigenvalue weighted by Crippen LogP contribution is 2.25. The van der Waals surface area contributed by atoms with E-state index in [2.05, 4.69) is 10.2 Å². The Bertz CT molecular complexity index is 820. The zero-order valence-electron chi connectivity index (χ0n) is 12.9. The van der Waals surface area contributed by atoms with Crippen molar-refractivity contribution in [3.63, 3.8) is 0 Å². The number of carbonyl (C=O) groups excluding carboxylic acids is 3. The zero-order chi connectivity index (χ0) is 16.7. The van der Waals surface area contributed by atoms with Crippen molar-refractivity contribution < 1.29 is 19.2 Å². The Morgan fingerprint density at radius 1 is 1.04 bits per heavy atom. The summed E-state index contributed by atoms with van der Waals surface area (Å²) in [6.07, 6.45) is 4.68. The van der Waals surface area contributed by atoms with Crippen LogP contribution in [0.15, 0.2) is 24.3 Å². The average Bonchev–Trinajstić information content (AvgIpc) is 2.99. The van der Waals surface area contributed by atoms with Gasteiger partial charge in [0.25, 0.3) is 11.8 Å². The number of rotatable bonds is 2. The van der Waals surface area contributed by atoms with Crippen molar-refractivity contribution in [2.24, 2.45) is 0 Å². The molecule has 4 rings (SSSR count). The van der Waals surface area contributed by atoms with E-state index in [1.165, 1.54) is 12.1 Å². The first-order chi connectivity index (χ1) is 11.7. The molecule has 122 valence electrons. The van der Waals surface area contributed by atoms with Crippen molar-refractivity contribution in [2.45, 2.75) is 32.1 Å². The summed E-state index contributed by atoms with van der Waals surface area (Å²) in [5.41, 5.74) is 2.38. The Morgan fingerprint density at radius 3 is 2.42 bits per heavy atom. The molecule has 0 saturated carbocycles. The van der Waals surface area contributed by atoms with Gasteiger partial charge in [0, 0.05) is 11.3 Å². The van der Waals surface area contributed by atoms with Gasteiger partial charge >= 0.3 is 5.97 Å². The summed E-state index contributed by atoms with van der Waals surface area (Å²) in [5, 5.41) is 7.42. The van der Waals surface area contributed by atoms with E-state index in [4.69, 9.17) is 4.84 Å². The second-order valence-electron chi connectivity index (χ2n) is 5.92. The average molecular weight is 325 g/mol. The third-order valence-electron chi connectivity index (χ3n) is 4.43. The molecule has 1 aromatic carbocycles. The van der Waals surface area contributed by atoms with E-state index in [9.17, 15) is 14.4 Å². The largest absolute Gasteiger partial charge is 0.384 e. The fraction of sp³-hybridized carbons (Fsp3) is 0.294. The van der Waals surface area contributed by atoms with Gasteiger partial charge in [-0.1, -0.05) is 23.6 Å². The summed E-state index contributed by atoms with van der Waals surface area (Å²) >= 11 is 0. The van der Waals surface area contributed by atoms with E-state index in [-0.39, 0.29) is 16.8 Å². The van der Waals surface area contributed by atoms with Crippen molar-refractivity contribution in [3.8, 4) is 0 Å². The van der Waals surface area contributed by atoms with E-state index in [0.29, 0.717) is 5.06 Å². The lowest BCUT2D eigenvalue weighted by molar-refractivity contribution is -0.0589. The van der Waals surface area contributed by atoms with Crippen LogP contribution in [0, 0.1) is 0 Å². The molecule has 2 heterocycles. The van der Waals surface area contributed by atoms with Gasteiger partial charge in [0.15, 0.2) is 5.69 Å². The molecule has 0 atom stereocenters. The highest BCUT2D eigenvalue weighted by molar-refractivity contribution is 6.21. The lowest BCUT2D eigenvalue weighted by atomic mass is 10.1. The summed E-state index contributed by atoms with van der Waals surface area (Å²) in [6.45, 7) is 0. The first-order valence-corrected chi connectivity index (χ1v) is 7.93. The quantitative estimate of drug-likeness (QED) is 0.674. The van der Waals surface area contributed by atoms with Crippen LogP contribution >= 0.6 is 0 Å². The molecule has 7 nitrogen and oxygen atoms in total. The minimum atomic E-state index is -0.788. The standard InChI is InChI=1S/C17H15N3O4/c21-15-10-6-4-5-7-11(10)16(22)20(15)24-17(23)14-12-8-2-1-3-9-13(12)18-19-14/h4-7H,1-3,8-9H2,(H,18,19). The maximum atomic E-state index is 12.4. The van der Waals surface area contributed by atoms with Gasteiger partial charge in [-0.25, -0.2) is 4.79 Å². The number of aromatic amines is 1. The molecule has 0 unspecified atom stereocenters. The van der Waals surface area contributed by atoms with Crippen LogP contribution in [0.4, 0.5) is 0 Å². The maximum Gasteiger partial charge on any atom is 0.384 e. The monoisotopic (exact) mass is 325 g/mol. The molecule has 0 bridgehead atoms. The number of benzene rings is 1. The Hall–Kier alpha value is -2.96. The summed E-state index contributed by atoms with van der Waals surface area (Å²) < 4.78 is 0. The Balaban J connectivity index is 1.59. The lowest BCUT2D eigenvalue weighted by Gasteiger charge is -2.12. The lowest BCUT2D eigenvalue weighted by Crippen LogP contribution is -2.33. The molecule has 1 N–H and O–H groups in total. The fourth-order valence-corrected chi connectivity index (χ4v) is 3.20. The van der Waals surface area contributed by atoms with E-state index in [0.717, 1.165) is 43.4 Å². The SMILES string of the molecule is O=C(ON1C(=O)c2ccccc2C1=O)c1n[nH]c2c1CCCCC2. The van der Waals surface area contributed by atoms with Crippen molar-refractivity contribution in [2.75, 3.05) is 0 Å². The molecule has 1 aromatic heterocycles. The fourth-order valence-electron chi connectivity index (χ4n) is 3.20. The normalized spacial score (nSPS) is 16.6. The molecule has 0 saturated heterocycles. The number of carbonyl (C=O) groups is 3. The van der Waals surface area contributed by atoms with Crippen LogP contribution in [0.1, 0.15) is 61.7 Å². The molecule has 1 aliphatic heterocycles. The van der Waals surface area contributed by atoms with Crippen LogP contribution < -0.4 is 0 Å². The number of nitrogens with one attached hydrogen (secondary N) is 1. The van der Waals surface area contributed by atoms with Crippen LogP contribution in [0.25, 0.3) is 0 Å². The number of aryl methyl sites for hydroxylation is 1. The van der Waals surface area contributed by atoms with E-state index in [1.807, 2.05) is 0 Å². The highest BCUT2D eigenvalue weighted by Gasteiger charge is 2.39. The van der Waals surface area contributed by atoms with Crippen LogP contribution in [0.2, 0.25) is 0 Å². The van der Waals surface area contributed by atoms with E-state index >= 15 is 0 Å². The molecular formula is C17H15N3O4. The Kier molecular flexibility index (Phi) is 3.41. The molecule has 2 amide bonds. The summed E-state index contributed by atoms with van der Waals surface area (Å²) in [7, 11) is 0. The highest BCUT2D eigenvalue weighted by atomic mass is 16.7. The van der Waals surface area contributed by atoms with Gasteiger partial charge in [0.2, 0.25) is 0 Å². The molecule has 2 aliphatic rings. The number of imide groups is 1. The van der Waals surface area contributed by atoms with E-state index < -0.39 is 17.8 Å². The zero-order valence-corrected chi connectivity index (χ0v) is 12.9. The maximum absolute atomic E-state index is 12.4. The number of nitrogens with zero attached hydrogens (tertiary/aromatic N) is 2. The number of amides is 2. The smallest absolute Gasteiger partial charge is 0.322 e. The number of hydrogen-bond acceptors (Lipinski definition) is 5. The third-order valence-corrected chi connectivity index (χ3v) is 4.43. The van der Waals surface area contributed by atoms with Crippen LogP contribution in [-0.2, 0) is 17.7 Å². The third kappa shape index (κ3) is 2.20. The predicted molar refractivity (Wildman–Crippen MR) is 82.2 cm³/mol. The Morgan fingerprint density at radius 2 is 1.71 bits per heavy atom. The molecule has 1 aliphatic carbocycles. The number of fused-ring (bicyclic) bond motifs is 2. The van der Waals surface area contributed by atoms with Gasteiger partial charge in [-0.2, -0.15) is 5.10 Å². The minimum absolute atomic E-state index is 0.156. The van der Waals surface area contributed by atoms with Gasteiger partial charge in [-0.15, -0.1) is 0 Å². The number of aromatic nitrogens is 2. The first-order valence-electron chi connectivity index (χ1n) is 7.93. The number of hydrogen-bond donors (Lipinski definition) is 1. The van der Waals surface area contributed by atoms with Gasteiger partial charge in [-0.05, 0) is 37.8 Å². The molecule has 7 heteroatoms. The summed E-state index contributed by atoms with van der Waals surface area (Å²) in [5.74, 6) is -2.06. The summed E-state index contributed by atoms with van der Waals surface area (Å²) in [4.78, 5) is 42.0. The Labute approximate surface area is 137 Å². The molecule has 2 aromatic rings. The van der Waals surface area contributed by atoms with Crippen molar-refractivity contribution in [3.05, 3.63) is 52.3 Å². The second-order valence-corrected chi connectivity index (χ2v) is 5.92. The first kappa shape index (κ1) is 14.6.